The Bertz CT molecular complexity index is 1550. The first-order chi connectivity index (χ1) is 19.8. The molecular weight excluding hydrogens is 520 g/mol. The van der Waals surface area contributed by atoms with Crippen molar-refractivity contribution >= 4 is 17.4 Å². The van der Waals surface area contributed by atoms with E-state index in [1.165, 1.54) is 5.69 Å². The molecule has 11 heteroatoms. The van der Waals surface area contributed by atoms with E-state index in [1.54, 1.807) is 6.20 Å². The number of carbonyl (C=O) groups is 1. The fraction of sp³-hybridized carbons (Fsp3) is 0.467. The van der Waals surface area contributed by atoms with Crippen LogP contribution in [0.4, 0.5) is 11.6 Å². The van der Waals surface area contributed by atoms with Crippen LogP contribution in [0.5, 0.6) is 0 Å². The number of Topliss-reactive ketones (excluding diaryl/α,β-unsaturated/α-hetero) is 1. The van der Waals surface area contributed by atoms with Gasteiger partial charge in [-0.05, 0) is 55.0 Å². The number of ketones is 1. The highest BCUT2D eigenvalue weighted by Gasteiger charge is 2.29. The van der Waals surface area contributed by atoms with Gasteiger partial charge in [-0.2, -0.15) is 5.10 Å². The normalized spacial score (nSPS) is 17.2. The molecule has 0 amide bonds. The predicted octanol–water partition coefficient (Wildman–Crippen LogP) is 4.27. The van der Waals surface area contributed by atoms with E-state index < -0.39 is 0 Å². The number of nitrogens with one attached hydrogen (secondary N) is 1. The molecule has 214 valence electrons. The van der Waals surface area contributed by atoms with Gasteiger partial charge in [0.05, 0.1) is 29.9 Å². The molecular formula is C30H36N8O3. The first-order valence-electron chi connectivity index (χ1n) is 14.3. The molecule has 2 aliphatic rings. The number of hydrogen-bond acceptors (Lipinski definition) is 10. The summed E-state index contributed by atoms with van der Waals surface area (Å²) in [6, 6.07) is 8.23. The summed E-state index contributed by atoms with van der Waals surface area (Å²) in [5, 5.41) is 25.6. The Morgan fingerprint density at radius 1 is 1.20 bits per heavy atom. The molecule has 0 bridgehead atoms. The van der Waals surface area contributed by atoms with E-state index in [-0.39, 0.29) is 36.0 Å². The number of carbonyl (C=O) groups excluding carboxylic acids is 1. The molecule has 11 nitrogen and oxygen atoms in total. The number of nitrogens with zero attached hydrogens (tertiary/aromatic N) is 7. The van der Waals surface area contributed by atoms with Gasteiger partial charge in [0.1, 0.15) is 0 Å². The predicted molar refractivity (Wildman–Crippen MR) is 153 cm³/mol. The molecule has 2 aliphatic heterocycles. The van der Waals surface area contributed by atoms with Crippen LogP contribution in [0.15, 0.2) is 41.1 Å². The summed E-state index contributed by atoms with van der Waals surface area (Å²) in [5.41, 5.74) is 5.83. The Balaban J connectivity index is 1.26. The van der Waals surface area contributed by atoms with Crippen molar-refractivity contribution in [1.82, 2.24) is 34.8 Å². The van der Waals surface area contributed by atoms with Crippen molar-refractivity contribution in [2.24, 2.45) is 0 Å². The Kier molecular flexibility index (Phi) is 7.39. The molecule has 1 aromatic carbocycles. The van der Waals surface area contributed by atoms with E-state index >= 15 is 0 Å². The molecule has 0 fully saturated rings. The molecule has 5 heterocycles. The zero-order valence-electron chi connectivity index (χ0n) is 23.8. The van der Waals surface area contributed by atoms with Crippen molar-refractivity contribution < 1.29 is 14.3 Å². The third kappa shape index (κ3) is 5.77. The number of fused-ring (bicyclic) bond motifs is 2. The van der Waals surface area contributed by atoms with E-state index in [1.807, 2.05) is 37.7 Å². The fourth-order valence-electron chi connectivity index (χ4n) is 5.68. The number of aryl methyl sites for hydroxylation is 1. The van der Waals surface area contributed by atoms with Gasteiger partial charge >= 0.3 is 0 Å². The minimum Gasteiger partial charge on any atom is -0.418 e. The lowest BCUT2D eigenvalue weighted by Crippen LogP contribution is -2.26. The van der Waals surface area contributed by atoms with Crippen LogP contribution in [0.1, 0.15) is 79.3 Å². The van der Waals surface area contributed by atoms with E-state index in [9.17, 15) is 9.90 Å². The van der Waals surface area contributed by atoms with Crippen LogP contribution in [0.3, 0.4) is 0 Å². The molecule has 41 heavy (non-hydrogen) atoms. The second-order valence-electron chi connectivity index (χ2n) is 11.9. The summed E-state index contributed by atoms with van der Waals surface area (Å²) < 4.78 is 7.77. The maximum atomic E-state index is 13.2. The molecule has 3 aromatic heterocycles. The summed E-state index contributed by atoms with van der Waals surface area (Å²) in [6.45, 7) is 8.98. The number of aromatic nitrogens is 6. The minimum absolute atomic E-state index is 0.00714. The molecule has 2 N–H and O–H groups in total. The van der Waals surface area contributed by atoms with E-state index in [4.69, 9.17) is 9.40 Å². The summed E-state index contributed by atoms with van der Waals surface area (Å²) in [4.78, 5) is 24.7. The van der Waals surface area contributed by atoms with Gasteiger partial charge in [0.15, 0.2) is 0 Å². The van der Waals surface area contributed by atoms with Crippen LogP contribution < -0.4 is 5.32 Å². The fourth-order valence-corrected chi connectivity index (χ4v) is 5.68. The molecule has 1 atom stereocenters. The van der Waals surface area contributed by atoms with E-state index in [2.05, 4.69) is 48.7 Å². The van der Waals surface area contributed by atoms with Crippen LogP contribution in [0, 0.1) is 0 Å². The van der Waals surface area contributed by atoms with Gasteiger partial charge in [0.2, 0.25) is 17.6 Å². The minimum atomic E-state index is -0.322. The maximum Gasteiger partial charge on any atom is 0.284 e. The monoisotopic (exact) mass is 556 g/mol. The first kappa shape index (κ1) is 27.2. The van der Waals surface area contributed by atoms with Crippen molar-refractivity contribution in [1.29, 1.82) is 0 Å². The Morgan fingerprint density at radius 2 is 2.07 bits per heavy atom. The van der Waals surface area contributed by atoms with Crippen LogP contribution in [0.2, 0.25) is 0 Å². The molecule has 1 unspecified atom stereocenters. The highest BCUT2D eigenvalue weighted by atomic mass is 16.4. The van der Waals surface area contributed by atoms with Gasteiger partial charge < -0.3 is 14.8 Å². The maximum absolute atomic E-state index is 13.2. The average molecular weight is 557 g/mol. The molecule has 0 radical (unpaired) electrons. The Labute approximate surface area is 239 Å². The third-order valence-electron chi connectivity index (χ3n) is 7.85. The summed E-state index contributed by atoms with van der Waals surface area (Å²) >= 11 is 0. The third-order valence-corrected chi connectivity index (χ3v) is 7.85. The molecule has 0 saturated carbocycles. The van der Waals surface area contributed by atoms with Crippen molar-refractivity contribution in [3.8, 4) is 11.3 Å². The molecule has 0 spiro atoms. The average Bonchev–Trinajstić information content (AvgIpc) is 3.68. The Hall–Kier alpha value is -3.96. The van der Waals surface area contributed by atoms with Crippen molar-refractivity contribution in [3.05, 3.63) is 65.3 Å². The van der Waals surface area contributed by atoms with E-state index in [0.717, 1.165) is 60.4 Å². The van der Waals surface area contributed by atoms with Gasteiger partial charge in [0.25, 0.3) is 5.89 Å². The highest BCUT2D eigenvalue weighted by molar-refractivity contribution is 5.92. The van der Waals surface area contributed by atoms with Crippen LogP contribution in [-0.2, 0) is 24.9 Å². The second-order valence-corrected chi connectivity index (χ2v) is 11.9. The number of anilines is 2. The Morgan fingerprint density at radius 3 is 2.88 bits per heavy atom. The smallest absolute Gasteiger partial charge is 0.284 e. The van der Waals surface area contributed by atoms with Gasteiger partial charge in [-0.25, -0.2) is 9.97 Å². The first-order valence-corrected chi connectivity index (χ1v) is 14.3. The van der Waals surface area contributed by atoms with Crippen molar-refractivity contribution in [2.75, 3.05) is 25.0 Å². The topological polar surface area (TPSA) is 135 Å². The summed E-state index contributed by atoms with van der Waals surface area (Å²) in [6.07, 6.45) is 6.75. The zero-order valence-corrected chi connectivity index (χ0v) is 23.8. The molecule has 0 saturated heterocycles. The largest absolute Gasteiger partial charge is 0.418 e. The number of aliphatic hydroxyl groups is 1. The standard InChI is InChI=1S/C30H36N8O3/c1-30(2,3)28-36-35-27(41-28)26(40)16-19-9-12-37(13-14-39)18-21-15-20(6-7-22(19)21)23-8-10-31-29(33-23)34-24-17-32-38-11-4-5-25(24)38/h6-8,10,15,17,19,39H,4-5,9,11-14,16,18H2,1-3H3,(H,31,33,34). The van der Waals surface area contributed by atoms with Crippen LogP contribution in [-0.4, -0.2) is 65.4 Å². The van der Waals surface area contributed by atoms with Crippen LogP contribution >= 0.6 is 0 Å². The van der Waals surface area contributed by atoms with Gasteiger partial charge in [-0.3, -0.25) is 14.4 Å². The quantitative estimate of drug-likeness (QED) is 0.303. The second kappa shape index (κ2) is 11.1. The SMILES string of the molecule is CC(C)(C)c1nnc(C(=O)CC2CCN(CCO)Cc3cc(-c4ccnc(Nc5cnn6c5CCC6)n4)ccc32)o1. The number of aliphatic hydroxyl groups excluding tert-OH is 1. The van der Waals surface area contributed by atoms with Crippen molar-refractivity contribution in [3.63, 3.8) is 0 Å². The summed E-state index contributed by atoms with van der Waals surface area (Å²) in [7, 11) is 0. The van der Waals surface area contributed by atoms with Gasteiger partial charge in [-0.15, -0.1) is 10.2 Å². The number of rotatable bonds is 8. The van der Waals surface area contributed by atoms with Crippen LogP contribution in [0.25, 0.3) is 11.3 Å². The van der Waals surface area contributed by atoms with E-state index in [0.29, 0.717) is 24.9 Å². The lowest BCUT2D eigenvalue weighted by atomic mass is 9.87. The zero-order chi connectivity index (χ0) is 28.6. The number of benzene rings is 1. The highest BCUT2D eigenvalue weighted by Crippen LogP contribution is 2.35. The summed E-state index contributed by atoms with van der Waals surface area (Å²) in [5.74, 6) is 0.890. The molecule has 6 rings (SSSR count). The number of β-amino-alcohol motifs (C(OH)–C–C–N with tert-alkyl or cyclic N) is 1. The lowest BCUT2D eigenvalue weighted by Gasteiger charge is -2.19. The molecule has 0 aliphatic carbocycles. The van der Waals surface area contributed by atoms with Crippen molar-refractivity contribution in [2.45, 2.75) is 70.9 Å². The lowest BCUT2D eigenvalue weighted by molar-refractivity contribution is 0.0933. The van der Waals surface area contributed by atoms with Gasteiger partial charge in [-0.1, -0.05) is 32.9 Å². The number of hydrogen-bond donors (Lipinski definition) is 2. The molecule has 4 aromatic rings. The van der Waals surface area contributed by atoms with Gasteiger partial charge in [0, 0.05) is 43.2 Å².